The van der Waals surface area contributed by atoms with Crippen molar-refractivity contribution in [2.45, 2.75) is 73.5 Å². The zero-order valence-corrected chi connectivity index (χ0v) is 36.7. The molecule has 1 aliphatic carbocycles. The number of nitrogens with one attached hydrogen (secondary N) is 1. The van der Waals surface area contributed by atoms with E-state index in [2.05, 4.69) is 25.9 Å². The Bertz CT molecular complexity index is 2730. The Morgan fingerprint density at radius 2 is 1.79 bits per heavy atom. The van der Waals surface area contributed by atoms with Crippen LogP contribution in [0.5, 0.6) is 11.5 Å². The van der Waals surface area contributed by atoms with E-state index in [0.29, 0.717) is 16.7 Å². The van der Waals surface area contributed by atoms with Crippen molar-refractivity contribution >= 4 is 29.4 Å². The Morgan fingerprint density at radius 1 is 1.00 bits per heavy atom. The van der Waals surface area contributed by atoms with Crippen LogP contribution in [0.1, 0.15) is 62.5 Å². The second-order valence-corrected chi connectivity index (χ2v) is 17.3. The number of benzene rings is 3. The van der Waals surface area contributed by atoms with Gasteiger partial charge in [0.05, 0.1) is 49.8 Å². The van der Waals surface area contributed by atoms with Crippen LogP contribution in [0, 0.1) is 11.7 Å². The number of aliphatic hydroxyl groups excluding tert-OH is 6. The van der Waals surface area contributed by atoms with E-state index < -0.39 is 96.9 Å². The van der Waals surface area contributed by atoms with Crippen molar-refractivity contribution in [3.05, 3.63) is 131 Å². The summed E-state index contributed by atoms with van der Waals surface area (Å²) >= 11 is 0.882. The number of carboxylic acids is 1. The first-order valence-electron chi connectivity index (χ1n) is 21.2. The lowest BCUT2D eigenvalue weighted by atomic mass is 9.74. The molecule has 0 bridgehead atoms. The van der Waals surface area contributed by atoms with Crippen LogP contribution in [-0.2, 0) is 20.8 Å². The Hall–Kier alpha value is -6.41. The van der Waals surface area contributed by atoms with E-state index in [0.717, 1.165) is 16.4 Å². The number of rotatable bonds is 17. The zero-order valence-electron chi connectivity index (χ0n) is 35.8. The molecule has 1 saturated heterocycles. The number of ketones is 1. The molecule has 2 aliphatic heterocycles. The number of hydrogen-bond donors (Lipinski definition) is 9. The van der Waals surface area contributed by atoms with E-state index in [9.17, 15) is 59.6 Å². The molecule has 358 valence electrons. The predicted octanol–water partition coefficient (Wildman–Crippen LogP) is 1.20. The van der Waals surface area contributed by atoms with E-state index in [-0.39, 0.29) is 58.0 Å². The number of aromatic nitrogens is 6. The van der Waals surface area contributed by atoms with Crippen molar-refractivity contribution in [3.8, 4) is 22.8 Å². The van der Waals surface area contributed by atoms with E-state index in [1.807, 2.05) is 0 Å². The number of carboxylic acid groups (broad SMARTS) is 1. The Morgan fingerprint density at radius 3 is 2.53 bits per heavy atom. The predicted molar refractivity (Wildman–Crippen MR) is 234 cm³/mol. The third kappa shape index (κ3) is 9.92. The van der Waals surface area contributed by atoms with Gasteiger partial charge in [0.15, 0.2) is 5.78 Å². The van der Waals surface area contributed by atoms with Gasteiger partial charge >= 0.3 is 5.97 Å². The van der Waals surface area contributed by atoms with Gasteiger partial charge in [-0.1, -0.05) is 52.5 Å². The Labute approximate surface area is 389 Å². The summed E-state index contributed by atoms with van der Waals surface area (Å²) in [6, 6.07) is 11.8. The molecule has 23 heteroatoms. The number of phenolic OH excluding ortho intramolecular Hbond substituents is 1. The summed E-state index contributed by atoms with van der Waals surface area (Å²) < 4.78 is 33.7. The molecule has 21 nitrogen and oxygen atoms in total. The van der Waals surface area contributed by atoms with Gasteiger partial charge in [-0.15, -0.1) is 10.2 Å². The molecular formula is C45H46FN7O14S. The maximum absolute atomic E-state index is 13.9. The molecule has 11 atom stereocenters. The minimum Gasteiger partial charge on any atom is -0.508 e. The molecule has 3 aromatic carbocycles. The van der Waals surface area contributed by atoms with E-state index >= 15 is 0 Å². The fraction of sp³-hybridized carbons (Fsp3) is 0.356. The highest BCUT2D eigenvalue weighted by Crippen LogP contribution is 2.49. The van der Waals surface area contributed by atoms with Crippen LogP contribution in [-0.4, -0.2) is 150 Å². The van der Waals surface area contributed by atoms with Crippen LogP contribution in [0.25, 0.3) is 11.3 Å². The smallest absolute Gasteiger partial charge is 0.336 e. The number of aliphatic hydroxyl groups is 6. The van der Waals surface area contributed by atoms with Crippen molar-refractivity contribution in [2.75, 3.05) is 19.2 Å². The van der Waals surface area contributed by atoms with Crippen molar-refractivity contribution in [3.63, 3.8) is 0 Å². The van der Waals surface area contributed by atoms with Crippen molar-refractivity contribution in [2.24, 2.45) is 5.92 Å². The average Bonchev–Trinajstić information content (AvgIpc) is 4.00. The Kier molecular flexibility index (Phi) is 14.4. The topological polar surface area (TPSA) is 314 Å². The molecule has 0 saturated carbocycles. The minimum atomic E-state index is -1.62. The number of ether oxygens (including phenoxy) is 3. The highest BCUT2D eigenvalue weighted by molar-refractivity contribution is 7.99. The first-order chi connectivity index (χ1) is 32.6. The number of amides is 1. The summed E-state index contributed by atoms with van der Waals surface area (Å²) in [5.41, 5.74) is 0.411. The first-order valence-corrected chi connectivity index (χ1v) is 22.2. The van der Waals surface area contributed by atoms with Gasteiger partial charge in [0.1, 0.15) is 82.5 Å². The van der Waals surface area contributed by atoms with Crippen LogP contribution in [0.4, 0.5) is 4.39 Å². The van der Waals surface area contributed by atoms with Crippen molar-refractivity contribution in [1.82, 2.24) is 35.3 Å². The zero-order chi connectivity index (χ0) is 48.4. The molecule has 1 fully saturated rings. The van der Waals surface area contributed by atoms with Crippen LogP contribution in [0.3, 0.4) is 0 Å². The SMILES string of the molecule is C[C@H](O)C(C(O)[C@@H](CO)OCSC1OC(CO)C(O)C(n2cc(-c3cccc(F)c3)nn2)C1O)n1cc(CNC(=O)c2ccc(C3c4ccc(O)cc4OC4=CC(=O)C=CC43)c(C(=O)O)c2)nn1. The molecular weight excluding hydrogens is 914 g/mol. The van der Waals surface area contributed by atoms with Gasteiger partial charge in [0, 0.05) is 40.7 Å². The highest BCUT2D eigenvalue weighted by atomic mass is 32.2. The van der Waals surface area contributed by atoms with Gasteiger partial charge in [-0.05, 0) is 48.9 Å². The molecule has 9 N–H and O–H groups in total. The van der Waals surface area contributed by atoms with Gasteiger partial charge in [0.25, 0.3) is 5.91 Å². The third-order valence-electron chi connectivity index (χ3n) is 11.9. The number of hydrogen-bond acceptors (Lipinski definition) is 18. The third-order valence-corrected chi connectivity index (χ3v) is 12.9. The number of fused-ring (bicyclic) bond motifs is 2. The minimum absolute atomic E-state index is 0.00197. The summed E-state index contributed by atoms with van der Waals surface area (Å²) in [5.74, 6) is -3.89. The number of aromatic carboxylic acids is 1. The van der Waals surface area contributed by atoms with Crippen molar-refractivity contribution in [1.29, 1.82) is 0 Å². The number of nitrogens with zero attached hydrogens (tertiary/aromatic N) is 6. The number of halogens is 1. The summed E-state index contributed by atoms with van der Waals surface area (Å²) in [5, 5.41) is 104. The number of allylic oxidation sites excluding steroid dienone is 3. The van der Waals surface area contributed by atoms with Crippen LogP contribution in [0.15, 0.2) is 97.0 Å². The molecule has 1 amide bonds. The normalized spacial score (nSPS) is 23.9. The molecule has 9 unspecified atom stereocenters. The van der Waals surface area contributed by atoms with Crippen LogP contribution < -0.4 is 10.1 Å². The number of carbonyl (C=O) groups is 3. The standard InChI is InChI=1S/C45H46FN7O14S/c1-21(56)38(40(59)35(18-54)65-20-68-45-42(61)39(41(60)36(19-55)67-45)53-17-32(49-51-53)22-3-2-4-24(46)11-22)52-16-25(48-50-52)15-47-43(62)23-5-8-28(31(12-23)44(63)64)37-29-9-6-26(57)13-33(29)66-34-14-27(58)7-10-30(34)37/h2-14,16-17,21,29,35-42,45,54-56,58-61H,15,18-20H2,1H3,(H,47,62)(H,63,64)/t21-,29?,35+,36?,37?,38?,39?,40?,41?,42?,45?/m0/s1. The highest BCUT2D eigenvalue weighted by Gasteiger charge is 2.47. The van der Waals surface area contributed by atoms with Crippen LogP contribution in [0.2, 0.25) is 0 Å². The van der Waals surface area contributed by atoms with Gasteiger partial charge in [0.2, 0.25) is 0 Å². The summed E-state index contributed by atoms with van der Waals surface area (Å²) in [7, 11) is 0. The largest absolute Gasteiger partial charge is 0.508 e. The Balaban J connectivity index is 0.907. The summed E-state index contributed by atoms with van der Waals surface area (Å²) in [6.07, 6.45) is -1.28. The second-order valence-electron chi connectivity index (χ2n) is 16.3. The number of phenols is 1. The monoisotopic (exact) mass is 959 g/mol. The fourth-order valence-electron chi connectivity index (χ4n) is 8.52. The van der Waals surface area contributed by atoms with Gasteiger partial charge in [-0.25, -0.2) is 18.5 Å². The summed E-state index contributed by atoms with van der Waals surface area (Å²) in [6.45, 7) is -0.226. The molecule has 0 spiro atoms. The number of carbonyl (C=O) groups excluding carboxylic acids is 2. The number of thioether (sulfide) groups is 1. The van der Waals surface area contributed by atoms with Crippen LogP contribution >= 0.6 is 11.8 Å². The first kappa shape index (κ1) is 48.1. The maximum atomic E-state index is 13.9. The molecule has 68 heavy (non-hydrogen) atoms. The molecule has 4 heterocycles. The van der Waals surface area contributed by atoms with Gasteiger partial charge in [-0.2, -0.15) is 0 Å². The van der Waals surface area contributed by atoms with E-state index in [4.69, 9.17) is 14.2 Å². The molecule has 5 aromatic rings. The van der Waals surface area contributed by atoms with Gasteiger partial charge in [-0.3, -0.25) is 9.59 Å². The van der Waals surface area contributed by atoms with E-state index in [1.165, 1.54) is 84.7 Å². The quantitative estimate of drug-likeness (QED) is 0.0592. The average molecular weight is 960 g/mol. The fourth-order valence-corrected chi connectivity index (χ4v) is 9.49. The molecule has 0 radical (unpaired) electrons. The lowest BCUT2D eigenvalue weighted by Crippen LogP contribution is -2.55. The molecule has 2 aromatic heterocycles. The molecule has 3 aliphatic rings. The lowest BCUT2D eigenvalue weighted by molar-refractivity contribution is -0.179. The number of aromatic hydroxyl groups is 1. The second kappa shape index (κ2) is 20.4. The molecule has 8 rings (SSSR count). The van der Waals surface area contributed by atoms with E-state index in [1.54, 1.807) is 18.2 Å². The lowest BCUT2D eigenvalue weighted by Gasteiger charge is -2.41. The van der Waals surface area contributed by atoms with Gasteiger partial charge < -0.3 is 60.4 Å². The summed E-state index contributed by atoms with van der Waals surface area (Å²) in [4.78, 5) is 38.4. The maximum Gasteiger partial charge on any atom is 0.336 e. The van der Waals surface area contributed by atoms with Crippen molar-refractivity contribution < 1.29 is 73.8 Å².